The molecule has 1 heterocycles. The van der Waals surface area contributed by atoms with Crippen LogP contribution in [-0.2, 0) is 9.53 Å². The fraction of sp³-hybridized carbons (Fsp3) is 0.700. The van der Waals surface area contributed by atoms with Gasteiger partial charge in [0.25, 0.3) is 0 Å². The normalized spacial score (nSPS) is 26.5. The van der Waals surface area contributed by atoms with Crippen LogP contribution in [0.5, 0.6) is 0 Å². The Hall–Kier alpha value is -0.830. The van der Waals surface area contributed by atoms with Crippen molar-refractivity contribution in [2.24, 2.45) is 0 Å². The van der Waals surface area contributed by atoms with Crippen molar-refractivity contribution in [3.63, 3.8) is 0 Å². The zero-order valence-corrected chi connectivity index (χ0v) is 8.01. The van der Waals surface area contributed by atoms with E-state index in [9.17, 15) is 4.79 Å². The molecular formula is C10H16O3. The Bertz CT molecular complexity index is 216. The number of carboxylic acid groups (broad SMARTS) is 1. The van der Waals surface area contributed by atoms with Gasteiger partial charge in [0.2, 0.25) is 0 Å². The van der Waals surface area contributed by atoms with Gasteiger partial charge in [-0.2, -0.15) is 0 Å². The lowest BCUT2D eigenvalue weighted by atomic mass is 9.90. The molecule has 1 fully saturated rings. The number of carboxylic acids is 1. The number of aliphatic carboxylic acids is 1. The smallest absolute Gasteiger partial charge is 0.330 e. The van der Waals surface area contributed by atoms with Gasteiger partial charge in [-0.05, 0) is 32.6 Å². The summed E-state index contributed by atoms with van der Waals surface area (Å²) in [5.41, 5.74) is 0.307. The summed E-state index contributed by atoms with van der Waals surface area (Å²) in [6.07, 6.45) is 3.43. The van der Waals surface area contributed by atoms with Crippen LogP contribution in [0.1, 0.15) is 32.6 Å². The van der Waals surface area contributed by atoms with Gasteiger partial charge in [-0.1, -0.05) is 6.58 Å². The predicted molar refractivity (Wildman–Crippen MR) is 49.6 cm³/mol. The fourth-order valence-corrected chi connectivity index (χ4v) is 1.43. The highest BCUT2D eigenvalue weighted by Gasteiger charge is 2.32. The van der Waals surface area contributed by atoms with E-state index >= 15 is 0 Å². The second kappa shape index (κ2) is 3.92. The molecule has 1 aliphatic rings. The van der Waals surface area contributed by atoms with Crippen molar-refractivity contribution in [2.45, 2.75) is 38.2 Å². The van der Waals surface area contributed by atoms with E-state index in [2.05, 4.69) is 13.5 Å². The van der Waals surface area contributed by atoms with E-state index in [1.165, 1.54) is 0 Å². The number of hydrogen-bond acceptors (Lipinski definition) is 2. The minimum absolute atomic E-state index is 0.0127. The lowest BCUT2D eigenvalue weighted by molar-refractivity contribution is -0.139. The molecule has 1 aliphatic heterocycles. The molecule has 1 unspecified atom stereocenters. The quantitative estimate of drug-likeness (QED) is 0.664. The van der Waals surface area contributed by atoms with Crippen molar-refractivity contribution in [3.8, 4) is 0 Å². The Balaban J connectivity index is 2.13. The molecule has 0 aliphatic carbocycles. The van der Waals surface area contributed by atoms with Crippen LogP contribution in [0.15, 0.2) is 12.2 Å². The molecule has 0 spiro atoms. The molecule has 1 rings (SSSR count). The number of carbonyl (C=O) groups is 1. The lowest BCUT2D eigenvalue weighted by Gasteiger charge is -2.38. The maximum atomic E-state index is 10.4. The van der Waals surface area contributed by atoms with Crippen LogP contribution >= 0.6 is 0 Å². The third-order valence-electron chi connectivity index (χ3n) is 2.57. The molecular weight excluding hydrogens is 168 g/mol. The molecule has 0 aromatic rings. The minimum Gasteiger partial charge on any atom is -0.478 e. The first kappa shape index (κ1) is 10.3. The van der Waals surface area contributed by atoms with E-state index < -0.39 is 5.97 Å². The maximum absolute atomic E-state index is 10.4. The van der Waals surface area contributed by atoms with Gasteiger partial charge < -0.3 is 9.84 Å². The highest BCUT2D eigenvalue weighted by atomic mass is 16.5. The third kappa shape index (κ3) is 2.84. The molecule has 0 aromatic heterocycles. The minimum atomic E-state index is -0.889. The van der Waals surface area contributed by atoms with Gasteiger partial charge in [0.05, 0.1) is 12.2 Å². The number of hydrogen-bond donors (Lipinski definition) is 1. The average molecular weight is 184 g/mol. The molecule has 3 nitrogen and oxygen atoms in total. The van der Waals surface area contributed by atoms with Gasteiger partial charge in [-0.15, -0.1) is 0 Å². The molecule has 13 heavy (non-hydrogen) atoms. The standard InChI is InChI=1S/C10H16O3/c1-8(9(11)12)4-3-5-10(2)6-7-13-10/h1,3-7H2,2H3,(H,11,12). The molecule has 0 saturated carbocycles. The molecule has 1 N–H and O–H groups in total. The average Bonchev–Trinajstić information content (AvgIpc) is 2.01. The summed E-state index contributed by atoms with van der Waals surface area (Å²) in [4.78, 5) is 10.4. The molecule has 0 amide bonds. The molecule has 0 aromatic carbocycles. The van der Waals surface area contributed by atoms with E-state index in [1.807, 2.05) is 0 Å². The van der Waals surface area contributed by atoms with Gasteiger partial charge in [-0.25, -0.2) is 4.79 Å². The van der Waals surface area contributed by atoms with E-state index in [0.717, 1.165) is 25.9 Å². The van der Waals surface area contributed by atoms with E-state index in [-0.39, 0.29) is 5.60 Å². The Kier molecular flexibility index (Phi) is 3.09. The summed E-state index contributed by atoms with van der Waals surface area (Å²) in [7, 11) is 0. The molecule has 0 radical (unpaired) electrons. The summed E-state index contributed by atoms with van der Waals surface area (Å²) >= 11 is 0. The maximum Gasteiger partial charge on any atom is 0.330 e. The van der Waals surface area contributed by atoms with E-state index in [0.29, 0.717) is 12.0 Å². The second-order valence-electron chi connectivity index (χ2n) is 3.81. The van der Waals surface area contributed by atoms with Crippen LogP contribution in [0.4, 0.5) is 0 Å². The summed E-state index contributed by atoms with van der Waals surface area (Å²) < 4.78 is 5.38. The predicted octanol–water partition coefficient (Wildman–Crippen LogP) is 1.98. The zero-order chi connectivity index (χ0) is 9.90. The molecule has 0 bridgehead atoms. The monoisotopic (exact) mass is 184 g/mol. The van der Waals surface area contributed by atoms with Crippen LogP contribution in [-0.4, -0.2) is 23.3 Å². The van der Waals surface area contributed by atoms with Crippen molar-refractivity contribution >= 4 is 5.97 Å². The SMILES string of the molecule is C=C(CCCC1(C)CCO1)C(=O)O. The van der Waals surface area contributed by atoms with E-state index in [1.54, 1.807) is 0 Å². The van der Waals surface area contributed by atoms with Crippen LogP contribution in [0.3, 0.4) is 0 Å². The molecule has 74 valence electrons. The van der Waals surface area contributed by atoms with Crippen LogP contribution in [0.25, 0.3) is 0 Å². The van der Waals surface area contributed by atoms with Gasteiger partial charge >= 0.3 is 5.97 Å². The first-order chi connectivity index (χ1) is 6.03. The van der Waals surface area contributed by atoms with Gasteiger partial charge in [0.15, 0.2) is 0 Å². The second-order valence-corrected chi connectivity index (χ2v) is 3.81. The summed E-state index contributed by atoms with van der Waals surface area (Å²) in [6.45, 7) is 6.39. The molecule has 1 atom stereocenters. The van der Waals surface area contributed by atoms with Crippen molar-refractivity contribution in [1.29, 1.82) is 0 Å². The van der Waals surface area contributed by atoms with Gasteiger partial charge in [0.1, 0.15) is 0 Å². The number of ether oxygens (including phenoxy) is 1. The van der Waals surface area contributed by atoms with Gasteiger partial charge in [0, 0.05) is 5.57 Å². The topological polar surface area (TPSA) is 46.5 Å². The molecule has 3 heteroatoms. The summed E-state index contributed by atoms with van der Waals surface area (Å²) in [5.74, 6) is -0.889. The first-order valence-corrected chi connectivity index (χ1v) is 4.58. The van der Waals surface area contributed by atoms with Gasteiger partial charge in [-0.3, -0.25) is 0 Å². The number of rotatable bonds is 5. The zero-order valence-electron chi connectivity index (χ0n) is 8.01. The van der Waals surface area contributed by atoms with Crippen LogP contribution in [0.2, 0.25) is 0 Å². The Labute approximate surface area is 78.4 Å². The highest BCUT2D eigenvalue weighted by Crippen LogP contribution is 2.31. The summed E-state index contributed by atoms with van der Waals surface area (Å²) in [5, 5.41) is 8.55. The Morgan fingerprint density at radius 3 is 2.69 bits per heavy atom. The highest BCUT2D eigenvalue weighted by molar-refractivity contribution is 5.85. The van der Waals surface area contributed by atoms with Crippen molar-refractivity contribution in [2.75, 3.05) is 6.61 Å². The summed E-state index contributed by atoms with van der Waals surface area (Å²) in [6, 6.07) is 0. The molecule has 1 saturated heterocycles. The van der Waals surface area contributed by atoms with Crippen molar-refractivity contribution < 1.29 is 14.6 Å². The van der Waals surface area contributed by atoms with Crippen molar-refractivity contribution in [3.05, 3.63) is 12.2 Å². The van der Waals surface area contributed by atoms with Crippen LogP contribution in [0, 0.1) is 0 Å². The Morgan fingerprint density at radius 2 is 2.31 bits per heavy atom. The first-order valence-electron chi connectivity index (χ1n) is 4.58. The fourth-order valence-electron chi connectivity index (χ4n) is 1.43. The third-order valence-corrected chi connectivity index (χ3v) is 2.57. The lowest BCUT2D eigenvalue weighted by Crippen LogP contribution is -2.40. The van der Waals surface area contributed by atoms with Crippen LogP contribution < -0.4 is 0 Å². The largest absolute Gasteiger partial charge is 0.478 e. The van der Waals surface area contributed by atoms with Crippen molar-refractivity contribution in [1.82, 2.24) is 0 Å². The Morgan fingerprint density at radius 1 is 1.69 bits per heavy atom. The van der Waals surface area contributed by atoms with E-state index in [4.69, 9.17) is 9.84 Å².